The van der Waals surface area contributed by atoms with Crippen LogP contribution in [0.4, 0.5) is 5.82 Å². The van der Waals surface area contributed by atoms with Gasteiger partial charge in [-0.25, -0.2) is 4.98 Å². The maximum absolute atomic E-state index is 13.3. The van der Waals surface area contributed by atoms with Gasteiger partial charge >= 0.3 is 0 Å². The lowest BCUT2D eigenvalue weighted by molar-refractivity contribution is -0.122. The first-order valence-corrected chi connectivity index (χ1v) is 11.9. The molecular weight excluding hydrogens is 472 g/mol. The molecule has 1 fully saturated rings. The quantitative estimate of drug-likeness (QED) is 0.274. The van der Waals surface area contributed by atoms with E-state index in [4.69, 9.17) is 21.7 Å². The number of ether oxygens (including phenoxy) is 2. The van der Waals surface area contributed by atoms with Crippen molar-refractivity contribution in [1.29, 1.82) is 0 Å². The molecule has 1 aliphatic rings. The van der Waals surface area contributed by atoms with Gasteiger partial charge in [0.05, 0.1) is 24.1 Å². The average molecular weight is 497 g/mol. The molecule has 0 bridgehead atoms. The summed E-state index contributed by atoms with van der Waals surface area (Å²) < 4.78 is 12.2. The van der Waals surface area contributed by atoms with Crippen LogP contribution in [0.25, 0.3) is 11.7 Å². The summed E-state index contributed by atoms with van der Waals surface area (Å²) in [6.45, 7) is 1.49. The minimum absolute atomic E-state index is 0.242. The van der Waals surface area contributed by atoms with E-state index in [-0.39, 0.29) is 11.5 Å². The summed E-state index contributed by atoms with van der Waals surface area (Å²) in [4.78, 5) is 33.0. The topological polar surface area (TPSA) is 85.2 Å². The molecule has 3 heterocycles. The molecule has 1 N–H and O–H groups in total. The predicted molar refractivity (Wildman–Crippen MR) is 138 cm³/mol. The van der Waals surface area contributed by atoms with E-state index in [9.17, 15) is 9.59 Å². The zero-order valence-corrected chi connectivity index (χ0v) is 20.4. The highest BCUT2D eigenvalue weighted by Gasteiger charge is 2.32. The Morgan fingerprint density at radius 1 is 1.15 bits per heavy atom. The largest absolute Gasteiger partial charge is 0.497 e. The number of rotatable bonds is 9. The van der Waals surface area contributed by atoms with Gasteiger partial charge in [-0.15, -0.1) is 0 Å². The number of thioether (sulfide) groups is 1. The Hall–Kier alpha value is -3.21. The summed E-state index contributed by atoms with van der Waals surface area (Å²) in [6, 6.07) is 12.8. The molecule has 0 saturated carbocycles. The molecule has 3 aromatic rings. The minimum atomic E-state index is -0.264. The Balaban J connectivity index is 1.65. The molecule has 1 aliphatic heterocycles. The van der Waals surface area contributed by atoms with Crippen molar-refractivity contribution in [2.45, 2.75) is 13.0 Å². The van der Waals surface area contributed by atoms with E-state index in [1.165, 1.54) is 21.1 Å². The van der Waals surface area contributed by atoms with Crippen molar-refractivity contribution in [3.05, 3.63) is 75.0 Å². The molecule has 8 nitrogen and oxygen atoms in total. The van der Waals surface area contributed by atoms with Crippen molar-refractivity contribution in [2.75, 3.05) is 32.7 Å². The third-order valence-corrected chi connectivity index (χ3v) is 6.61. The lowest BCUT2D eigenvalue weighted by atomic mass is 10.2. The fraction of sp³-hybridized carbons (Fsp3) is 0.250. The Morgan fingerprint density at radius 2 is 1.94 bits per heavy atom. The second kappa shape index (κ2) is 10.8. The van der Waals surface area contributed by atoms with Crippen molar-refractivity contribution >= 4 is 51.7 Å². The highest BCUT2D eigenvalue weighted by atomic mass is 32.2. The van der Waals surface area contributed by atoms with Crippen LogP contribution >= 0.6 is 24.0 Å². The fourth-order valence-corrected chi connectivity index (χ4v) is 4.71. The first-order valence-electron chi connectivity index (χ1n) is 10.6. The van der Waals surface area contributed by atoms with E-state index < -0.39 is 0 Å². The van der Waals surface area contributed by atoms with Gasteiger partial charge in [0.1, 0.15) is 21.5 Å². The summed E-state index contributed by atoms with van der Waals surface area (Å²) in [5.41, 5.74) is 1.49. The second-order valence-corrected chi connectivity index (χ2v) is 9.17. The number of carbonyl (C=O) groups excluding carboxylic acids is 1. The first kappa shape index (κ1) is 23.9. The van der Waals surface area contributed by atoms with Gasteiger partial charge in [-0.1, -0.05) is 42.2 Å². The normalized spacial score (nSPS) is 14.9. The Morgan fingerprint density at radius 3 is 2.68 bits per heavy atom. The van der Waals surface area contributed by atoms with E-state index in [1.807, 2.05) is 30.3 Å². The van der Waals surface area contributed by atoms with Crippen molar-refractivity contribution in [3.8, 4) is 5.75 Å². The third kappa shape index (κ3) is 5.14. The number of anilines is 1. The zero-order chi connectivity index (χ0) is 24.1. The standard InChI is InChI=1S/C24H24N4O4S2/c1-31-13-5-11-25-21-18(22(29)27-12-4-3-6-20(27)26-21)14-19-23(30)28(24(33)34-19)15-16-7-9-17(32-2)10-8-16/h3-4,6-10,12,14,25H,5,11,13,15H2,1-2H3/b19-14+. The molecule has 1 saturated heterocycles. The SMILES string of the molecule is COCCCNc1nc2ccccn2c(=O)c1/C=C1/SC(=S)N(Cc2ccc(OC)cc2)C1=O. The smallest absolute Gasteiger partial charge is 0.267 e. The van der Waals surface area contributed by atoms with E-state index in [1.54, 1.807) is 38.6 Å². The molecule has 0 atom stereocenters. The summed E-state index contributed by atoms with van der Waals surface area (Å²) in [6.07, 6.45) is 3.99. The monoisotopic (exact) mass is 496 g/mol. The maximum atomic E-state index is 13.3. The van der Waals surface area contributed by atoms with Crippen LogP contribution in [0.5, 0.6) is 5.75 Å². The highest BCUT2D eigenvalue weighted by Crippen LogP contribution is 2.34. The number of benzene rings is 1. The van der Waals surface area contributed by atoms with Gasteiger partial charge in [-0.2, -0.15) is 0 Å². The highest BCUT2D eigenvalue weighted by molar-refractivity contribution is 8.26. The van der Waals surface area contributed by atoms with Crippen molar-refractivity contribution in [3.63, 3.8) is 0 Å². The number of pyridine rings is 1. The van der Waals surface area contributed by atoms with Crippen LogP contribution in [0, 0.1) is 0 Å². The van der Waals surface area contributed by atoms with Gasteiger partial charge in [0.15, 0.2) is 0 Å². The van der Waals surface area contributed by atoms with E-state index >= 15 is 0 Å². The van der Waals surface area contributed by atoms with Gasteiger partial charge in [-0.3, -0.25) is 18.9 Å². The second-order valence-electron chi connectivity index (χ2n) is 7.50. The average Bonchev–Trinajstić information content (AvgIpc) is 3.11. The van der Waals surface area contributed by atoms with Gasteiger partial charge in [-0.05, 0) is 42.3 Å². The Bertz CT molecular complexity index is 1300. The van der Waals surface area contributed by atoms with Crippen LogP contribution < -0.4 is 15.6 Å². The number of hydrogen-bond acceptors (Lipinski definition) is 8. The number of carbonyl (C=O) groups is 1. The molecule has 10 heteroatoms. The molecule has 1 aromatic carbocycles. The van der Waals surface area contributed by atoms with E-state index in [0.717, 1.165) is 17.7 Å². The van der Waals surface area contributed by atoms with Crippen molar-refractivity contribution in [2.24, 2.45) is 0 Å². The van der Waals surface area contributed by atoms with Crippen LogP contribution in [0.2, 0.25) is 0 Å². The minimum Gasteiger partial charge on any atom is -0.497 e. The van der Waals surface area contributed by atoms with Crippen LogP contribution in [0.1, 0.15) is 17.5 Å². The molecule has 1 amide bonds. The van der Waals surface area contributed by atoms with Gasteiger partial charge in [0.25, 0.3) is 11.5 Å². The third-order valence-electron chi connectivity index (χ3n) is 5.24. The number of amides is 1. The Labute approximate surface area is 206 Å². The van der Waals surface area contributed by atoms with E-state index in [2.05, 4.69) is 10.3 Å². The number of fused-ring (bicyclic) bond motifs is 1. The molecule has 34 heavy (non-hydrogen) atoms. The molecule has 2 aromatic heterocycles. The lowest BCUT2D eigenvalue weighted by Gasteiger charge is -2.14. The number of nitrogens with zero attached hydrogens (tertiary/aromatic N) is 3. The Kier molecular flexibility index (Phi) is 7.61. The lowest BCUT2D eigenvalue weighted by Crippen LogP contribution is -2.27. The number of thiocarbonyl (C=S) groups is 1. The summed E-state index contributed by atoms with van der Waals surface area (Å²) >= 11 is 6.65. The number of methoxy groups -OCH3 is 2. The van der Waals surface area contributed by atoms with Crippen LogP contribution in [-0.4, -0.2) is 51.9 Å². The van der Waals surface area contributed by atoms with Crippen molar-refractivity contribution in [1.82, 2.24) is 14.3 Å². The molecule has 0 aliphatic carbocycles. The maximum Gasteiger partial charge on any atom is 0.267 e. The predicted octanol–water partition coefficient (Wildman–Crippen LogP) is 3.55. The molecule has 4 rings (SSSR count). The van der Waals surface area contributed by atoms with Gasteiger partial charge < -0.3 is 14.8 Å². The fourth-order valence-electron chi connectivity index (χ4n) is 3.47. The number of aromatic nitrogens is 2. The molecule has 0 radical (unpaired) electrons. The van der Waals surface area contributed by atoms with Crippen LogP contribution in [0.15, 0.2) is 58.4 Å². The number of hydrogen-bond donors (Lipinski definition) is 1. The van der Waals surface area contributed by atoms with Gasteiger partial charge in [0.2, 0.25) is 0 Å². The van der Waals surface area contributed by atoms with Crippen LogP contribution in [-0.2, 0) is 16.1 Å². The molecule has 176 valence electrons. The molecule has 0 unspecified atom stereocenters. The van der Waals surface area contributed by atoms with Crippen molar-refractivity contribution < 1.29 is 14.3 Å². The zero-order valence-electron chi connectivity index (χ0n) is 18.8. The summed E-state index contributed by atoms with van der Waals surface area (Å²) in [5, 5.41) is 3.22. The van der Waals surface area contributed by atoms with Gasteiger partial charge in [0, 0.05) is 26.5 Å². The summed E-state index contributed by atoms with van der Waals surface area (Å²) in [7, 11) is 3.24. The molecular formula is C24H24N4O4S2. The first-order chi connectivity index (χ1) is 16.5. The summed E-state index contributed by atoms with van der Waals surface area (Å²) in [5.74, 6) is 0.922. The molecule has 0 spiro atoms. The number of nitrogens with one attached hydrogen (secondary N) is 1. The van der Waals surface area contributed by atoms with Crippen LogP contribution in [0.3, 0.4) is 0 Å². The van der Waals surface area contributed by atoms with E-state index in [0.29, 0.717) is 46.0 Å².